The molecule has 7 heteroatoms. The molecule has 0 heterocycles. The summed E-state index contributed by atoms with van der Waals surface area (Å²) in [5.41, 5.74) is 3.98. The van der Waals surface area contributed by atoms with Gasteiger partial charge in [0.1, 0.15) is 0 Å². The van der Waals surface area contributed by atoms with Gasteiger partial charge in [0.05, 0.1) is 18.6 Å². The van der Waals surface area contributed by atoms with Crippen molar-refractivity contribution >= 4 is 23.3 Å². The molecule has 0 aliphatic rings. The molecule has 0 saturated carbocycles. The van der Waals surface area contributed by atoms with E-state index in [1.165, 1.54) is 29.7 Å². The molecule has 3 aromatic carbocycles. The highest BCUT2D eigenvalue weighted by Gasteiger charge is 2.25. The van der Waals surface area contributed by atoms with Gasteiger partial charge in [-0.3, -0.25) is 19.8 Å². The van der Waals surface area contributed by atoms with E-state index in [-0.39, 0.29) is 17.6 Å². The second-order valence-electron chi connectivity index (χ2n) is 8.68. The summed E-state index contributed by atoms with van der Waals surface area (Å²) in [7, 11) is 1.17. The molecule has 7 nitrogen and oxygen atoms in total. The lowest BCUT2D eigenvalue weighted by Gasteiger charge is -2.23. The first-order valence-corrected chi connectivity index (χ1v) is 10.4. The lowest BCUT2D eigenvalue weighted by Crippen LogP contribution is -2.36. The Kier molecular flexibility index (Phi) is 6.92. The molecular weight excluding hydrogens is 420 g/mol. The number of amides is 1. The van der Waals surface area contributed by atoms with Crippen LogP contribution in [0, 0.1) is 10.1 Å². The van der Waals surface area contributed by atoms with Crippen LogP contribution in [0.15, 0.2) is 72.8 Å². The third-order valence-electron chi connectivity index (χ3n) is 5.34. The van der Waals surface area contributed by atoms with Crippen LogP contribution in [0.4, 0.5) is 11.4 Å². The van der Waals surface area contributed by atoms with Crippen LogP contribution in [0.2, 0.25) is 0 Å². The topological polar surface area (TPSA) is 89.8 Å². The van der Waals surface area contributed by atoms with E-state index in [4.69, 9.17) is 0 Å². The molecule has 0 aromatic heterocycles. The molecule has 0 fully saturated rings. The van der Waals surface area contributed by atoms with E-state index >= 15 is 0 Å². The van der Waals surface area contributed by atoms with Gasteiger partial charge in [0.25, 0.3) is 5.69 Å². The number of carbonyl (C=O) groups excluding carboxylic acids is 2. The number of esters is 1. The molecule has 0 unspecified atom stereocenters. The normalized spacial score (nSPS) is 11.0. The van der Waals surface area contributed by atoms with Crippen LogP contribution in [0.5, 0.6) is 0 Å². The smallest absolute Gasteiger partial charge is 0.397 e. The van der Waals surface area contributed by atoms with E-state index in [9.17, 15) is 19.7 Å². The van der Waals surface area contributed by atoms with Crippen molar-refractivity contribution < 1.29 is 19.2 Å². The van der Waals surface area contributed by atoms with Gasteiger partial charge in [-0.25, -0.2) is 4.79 Å². The predicted molar refractivity (Wildman–Crippen MR) is 127 cm³/mol. The van der Waals surface area contributed by atoms with Gasteiger partial charge in [0.2, 0.25) is 0 Å². The maximum Gasteiger partial charge on any atom is 0.397 e. The van der Waals surface area contributed by atoms with Crippen LogP contribution in [-0.4, -0.2) is 23.9 Å². The van der Waals surface area contributed by atoms with Crippen LogP contribution < -0.4 is 4.90 Å². The third kappa shape index (κ3) is 5.63. The highest BCUT2D eigenvalue weighted by Crippen LogP contribution is 2.28. The SMILES string of the molecule is COC(=O)C(=O)N(Cc1ccc(C(C)(C)C)cc1)c1ccc(-c2cccc([N+](=O)[O-])c2)cc1. The molecule has 3 rings (SSSR count). The number of nitro benzene ring substituents is 1. The minimum atomic E-state index is -0.955. The number of carbonyl (C=O) groups is 2. The molecule has 0 radical (unpaired) electrons. The fraction of sp³-hybridized carbons (Fsp3) is 0.231. The molecule has 0 bridgehead atoms. The molecule has 0 spiro atoms. The van der Waals surface area contributed by atoms with Gasteiger partial charge in [0.15, 0.2) is 0 Å². The number of nitro groups is 1. The fourth-order valence-corrected chi connectivity index (χ4v) is 3.40. The van der Waals surface area contributed by atoms with Crippen LogP contribution in [-0.2, 0) is 26.3 Å². The largest absolute Gasteiger partial charge is 0.462 e. The number of nitrogens with zero attached hydrogens (tertiary/aromatic N) is 2. The second kappa shape index (κ2) is 9.65. The molecule has 0 aliphatic carbocycles. The number of methoxy groups -OCH3 is 1. The molecule has 0 atom stereocenters. The van der Waals surface area contributed by atoms with Gasteiger partial charge in [-0.2, -0.15) is 0 Å². The van der Waals surface area contributed by atoms with Gasteiger partial charge < -0.3 is 4.74 Å². The average Bonchev–Trinajstić information content (AvgIpc) is 2.81. The Bertz CT molecular complexity index is 1160. The zero-order chi connectivity index (χ0) is 24.2. The van der Waals surface area contributed by atoms with Gasteiger partial charge in [0, 0.05) is 17.8 Å². The predicted octanol–water partition coefficient (Wildman–Crippen LogP) is 5.27. The van der Waals surface area contributed by atoms with Gasteiger partial charge in [-0.15, -0.1) is 0 Å². The van der Waals surface area contributed by atoms with Crippen LogP contribution in [0.1, 0.15) is 31.9 Å². The van der Waals surface area contributed by atoms with E-state index in [0.717, 1.165) is 11.1 Å². The number of ether oxygens (including phenoxy) is 1. The molecule has 3 aromatic rings. The summed E-state index contributed by atoms with van der Waals surface area (Å²) in [5, 5.41) is 11.1. The maximum absolute atomic E-state index is 12.8. The minimum Gasteiger partial charge on any atom is -0.462 e. The number of anilines is 1. The molecule has 1 amide bonds. The molecule has 170 valence electrons. The standard InChI is InChI=1S/C26H26N2O5/c1-26(2,3)21-12-8-18(9-13-21)17-27(24(29)25(30)33-4)22-14-10-19(11-15-22)20-6-5-7-23(16-20)28(31)32/h5-16H,17H2,1-4H3. The van der Waals surface area contributed by atoms with Crippen molar-refractivity contribution in [1.82, 2.24) is 0 Å². The van der Waals surface area contributed by atoms with Crippen molar-refractivity contribution in [1.29, 1.82) is 0 Å². The maximum atomic E-state index is 12.8. The monoisotopic (exact) mass is 446 g/mol. The summed E-state index contributed by atoms with van der Waals surface area (Å²) >= 11 is 0. The summed E-state index contributed by atoms with van der Waals surface area (Å²) < 4.78 is 4.65. The summed E-state index contributed by atoms with van der Waals surface area (Å²) in [4.78, 5) is 36.7. The minimum absolute atomic E-state index is 0.00206. The highest BCUT2D eigenvalue weighted by molar-refractivity contribution is 6.38. The number of benzene rings is 3. The Balaban J connectivity index is 1.91. The Morgan fingerprint density at radius 1 is 0.939 bits per heavy atom. The second-order valence-corrected chi connectivity index (χ2v) is 8.68. The van der Waals surface area contributed by atoms with Gasteiger partial charge in [-0.05, 0) is 39.8 Å². The van der Waals surface area contributed by atoms with Crippen LogP contribution >= 0.6 is 0 Å². The van der Waals surface area contributed by atoms with Gasteiger partial charge >= 0.3 is 11.9 Å². The van der Waals surface area contributed by atoms with Crippen LogP contribution in [0.3, 0.4) is 0 Å². The lowest BCUT2D eigenvalue weighted by molar-refractivity contribution is -0.384. The number of rotatable bonds is 5. The van der Waals surface area contributed by atoms with Crippen molar-refractivity contribution in [3.63, 3.8) is 0 Å². The van der Waals surface area contributed by atoms with E-state index in [1.54, 1.807) is 36.4 Å². The first-order chi connectivity index (χ1) is 15.6. The first-order valence-electron chi connectivity index (χ1n) is 10.4. The molecular formula is C26H26N2O5. The van der Waals surface area contributed by atoms with E-state index < -0.39 is 16.8 Å². The molecule has 33 heavy (non-hydrogen) atoms. The summed E-state index contributed by atoms with van der Waals surface area (Å²) in [5.74, 6) is -1.73. The zero-order valence-electron chi connectivity index (χ0n) is 19.1. The summed E-state index contributed by atoms with van der Waals surface area (Å²) in [6, 6.07) is 21.2. The Hall–Kier alpha value is -4.00. The first kappa shape index (κ1) is 23.7. The van der Waals surface area contributed by atoms with Gasteiger partial charge in [-0.1, -0.05) is 69.3 Å². The van der Waals surface area contributed by atoms with E-state index in [0.29, 0.717) is 11.3 Å². The lowest BCUT2D eigenvalue weighted by atomic mass is 9.87. The zero-order valence-corrected chi connectivity index (χ0v) is 19.1. The van der Waals surface area contributed by atoms with Crippen LogP contribution in [0.25, 0.3) is 11.1 Å². The Morgan fingerprint density at radius 3 is 2.12 bits per heavy atom. The molecule has 0 saturated heterocycles. The molecule has 0 aliphatic heterocycles. The fourth-order valence-electron chi connectivity index (χ4n) is 3.40. The highest BCUT2D eigenvalue weighted by atomic mass is 16.6. The van der Waals surface area contributed by atoms with Crippen molar-refractivity contribution in [2.24, 2.45) is 0 Å². The number of non-ortho nitro benzene ring substituents is 1. The van der Waals surface area contributed by atoms with E-state index in [2.05, 4.69) is 25.5 Å². The average molecular weight is 447 g/mol. The van der Waals surface area contributed by atoms with Crippen molar-refractivity contribution in [2.45, 2.75) is 32.7 Å². The van der Waals surface area contributed by atoms with Crippen molar-refractivity contribution in [3.05, 3.63) is 94.0 Å². The summed E-state index contributed by atoms with van der Waals surface area (Å²) in [6.45, 7) is 6.56. The number of hydrogen-bond acceptors (Lipinski definition) is 5. The van der Waals surface area contributed by atoms with Crippen molar-refractivity contribution in [3.8, 4) is 11.1 Å². The number of hydrogen-bond donors (Lipinski definition) is 0. The Labute approximate surface area is 192 Å². The third-order valence-corrected chi connectivity index (χ3v) is 5.34. The Morgan fingerprint density at radius 2 is 1.58 bits per heavy atom. The summed E-state index contributed by atoms with van der Waals surface area (Å²) in [6.07, 6.45) is 0. The van der Waals surface area contributed by atoms with Crippen molar-refractivity contribution in [2.75, 3.05) is 12.0 Å². The quantitative estimate of drug-likeness (QED) is 0.231. The van der Waals surface area contributed by atoms with E-state index in [1.807, 2.05) is 24.3 Å². The molecule has 0 N–H and O–H groups in total.